The fraction of sp³-hybridized carbons (Fsp3) is 0.571. The van der Waals surface area contributed by atoms with Crippen LogP contribution in [-0.2, 0) is 6.54 Å². The van der Waals surface area contributed by atoms with E-state index < -0.39 is 0 Å². The van der Waals surface area contributed by atoms with Crippen LogP contribution in [0.15, 0.2) is 24.3 Å². The van der Waals surface area contributed by atoms with E-state index in [1.54, 1.807) is 7.11 Å². The van der Waals surface area contributed by atoms with E-state index in [0.717, 1.165) is 18.8 Å². The molecule has 3 nitrogen and oxygen atoms in total. The normalized spacial score (nSPS) is 21.4. The van der Waals surface area contributed by atoms with Crippen LogP contribution in [0.2, 0.25) is 0 Å². The summed E-state index contributed by atoms with van der Waals surface area (Å²) in [5, 5.41) is 3.62. The highest BCUT2D eigenvalue weighted by atomic mass is 16.5. The number of methoxy groups -OCH3 is 1. The van der Waals surface area contributed by atoms with Gasteiger partial charge in [0.2, 0.25) is 0 Å². The Morgan fingerprint density at radius 2 is 2.35 bits per heavy atom. The number of nitrogens with zero attached hydrogens (tertiary/aromatic N) is 1. The molecule has 1 N–H and O–H groups in total. The minimum atomic E-state index is 0.625. The van der Waals surface area contributed by atoms with Gasteiger partial charge in [0.1, 0.15) is 5.75 Å². The molecular weight excluding hydrogens is 212 g/mol. The summed E-state index contributed by atoms with van der Waals surface area (Å²) in [4.78, 5) is 2.40. The maximum Gasteiger partial charge on any atom is 0.119 e. The van der Waals surface area contributed by atoms with Crippen LogP contribution in [0.3, 0.4) is 0 Å². The minimum Gasteiger partial charge on any atom is -0.497 e. The molecule has 1 aliphatic heterocycles. The predicted molar refractivity (Wildman–Crippen MR) is 70.4 cm³/mol. The molecule has 1 aromatic carbocycles. The van der Waals surface area contributed by atoms with Gasteiger partial charge in [0, 0.05) is 19.1 Å². The number of rotatable bonds is 4. The summed E-state index contributed by atoms with van der Waals surface area (Å²) in [6.45, 7) is 3.32. The van der Waals surface area contributed by atoms with E-state index in [9.17, 15) is 0 Å². The van der Waals surface area contributed by atoms with E-state index in [4.69, 9.17) is 4.74 Å². The van der Waals surface area contributed by atoms with E-state index in [0.29, 0.717) is 6.04 Å². The molecule has 0 saturated carbocycles. The van der Waals surface area contributed by atoms with Crippen LogP contribution in [0.1, 0.15) is 18.4 Å². The molecular formula is C14H22N2O. The highest BCUT2D eigenvalue weighted by Gasteiger charge is 2.16. The molecule has 3 heteroatoms. The van der Waals surface area contributed by atoms with Crippen LogP contribution in [-0.4, -0.2) is 38.2 Å². The van der Waals surface area contributed by atoms with Crippen LogP contribution in [0, 0.1) is 0 Å². The van der Waals surface area contributed by atoms with Crippen LogP contribution in [0.4, 0.5) is 0 Å². The molecule has 94 valence electrons. The fourth-order valence-electron chi connectivity index (χ4n) is 2.38. The highest BCUT2D eigenvalue weighted by molar-refractivity contribution is 5.28. The topological polar surface area (TPSA) is 24.5 Å². The summed E-state index contributed by atoms with van der Waals surface area (Å²) in [7, 11) is 3.90. The summed E-state index contributed by atoms with van der Waals surface area (Å²) in [5.74, 6) is 0.935. The minimum absolute atomic E-state index is 0.625. The molecule has 1 saturated heterocycles. The lowest BCUT2D eigenvalue weighted by atomic mass is 10.1. The van der Waals surface area contributed by atoms with Crippen molar-refractivity contribution in [1.29, 1.82) is 0 Å². The second-order valence-corrected chi connectivity index (χ2v) is 4.83. The molecule has 0 spiro atoms. The van der Waals surface area contributed by atoms with Gasteiger partial charge >= 0.3 is 0 Å². The largest absolute Gasteiger partial charge is 0.497 e. The quantitative estimate of drug-likeness (QED) is 0.861. The van der Waals surface area contributed by atoms with Crippen LogP contribution in [0.5, 0.6) is 5.75 Å². The third kappa shape index (κ3) is 3.72. The second kappa shape index (κ2) is 6.03. The second-order valence-electron chi connectivity index (χ2n) is 4.83. The van der Waals surface area contributed by atoms with E-state index in [1.807, 2.05) is 12.1 Å². The number of likely N-dealkylation sites (N-methyl/N-ethyl adjacent to an activating group) is 1. The van der Waals surface area contributed by atoms with Gasteiger partial charge in [-0.25, -0.2) is 0 Å². The molecule has 0 aromatic heterocycles. The first-order valence-electron chi connectivity index (χ1n) is 6.33. The first-order valence-corrected chi connectivity index (χ1v) is 6.33. The van der Waals surface area contributed by atoms with Crippen molar-refractivity contribution in [1.82, 2.24) is 10.2 Å². The lowest BCUT2D eigenvalue weighted by molar-refractivity contribution is 0.226. The average Bonchev–Trinajstić information content (AvgIpc) is 2.37. The zero-order valence-electron chi connectivity index (χ0n) is 10.8. The fourth-order valence-corrected chi connectivity index (χ4v) is 2.38. The monoisotopic (exact) mass is 234 g/mol. The first kappa shape index (κ1) is 12.4. The third-order valence-corrected chi connectivity index (χ3v) is 3.35. The van der Waals surface area contributed by atoms with Gasteiger partial charge in [-0.3, -0.25) is 0 Å². The molecule has 1 fully saturated rings. The Labute approximate surface area is 104 Å². The summed E-state index contributed by atoms with van der Waals surface area (Å²) in [5.41, 5.74) is 1.29. The van der Waals surface area contributed by atoms with Crippen molar-refractivity contribution in [3.8, 4) is 5.75 Å². The number of hydrogen-bond donors (Lipinski definition) is 1. The van der Waals surface area contributed by atoms with Crippen molar-refractivity contribution >= 4 is 0 Å². The molecule has 17 heavy (non-hydrogen) atoms. The molecule has 0 aliphatic carbocycles. The van der Waals surface area contributed by atoms with Crippen LogP contribution in [0.25, 0.3) is 0 Å². The molecule has 1 unspecified atom stereocenters. The summed E-state index contributed by atoms with van der Waals surface area (Å²) in [6, 6.07) is 8.89. The molecule has 2 rings (SSSR count). The number of hydrogen-bond acceptors (Lipinski definition) is 3. The van der Waals surface area contributed by atoms with E-state index in [2.05, 4.69) is 29.4 Å². The van der Waals surface area contributed by atoms with Crippen molar-refractivity contribution in [3.05, 3.63) is 29.8 Å². The van der Waals surface area contributed by atoms with E-state index >= 15 is 0 Å². The Morgan fingerprint density at radius 3 is 3.12 bits per heavy atom. The van der Waals surface area contributed by atoms with Gasteiger partial charge in [0.15, 0.2) is 0 Å². The van der Waals surface area contributed by atoms with Crippen molar-refractivity contribution in [3.63, 3.8) is 0 Å². The third-order valence-electron chi connectivity index (χ3n) is 3.35. The number of piperidine rings is 1. The van der Waals surface area contributed by atoms with Gasteiger partial charge in [0.25, 0.3) is 0 Å². The van der Waals surface area contributed by atoms with Crippen molar-refractivity contribution in [2.45, 2.75) is 25.4 Å². The zero-order valence-corrected chi connectivity index (χ0v) is 10.8. The maximum absolute atomic E-state index is 5.23. The smallest absolute Gasteiger partial charge is 0.119 e. The molecule has 1 heterocycles. The molecule has 1 aliphatic rings. The lowest BCUT2D eigenvalue weighted by Crippen LogP contribution is -2.43. The van der Waals surface area contributed by atoms with Crippen molar-refractivity contribution < 1.29 is 4.74 Å². The van der Waals surface area contributed by atoms with E-state index in [-0.39, 0.29) is 0 Å². The van der Waals surface area contributed by atoms with Gasteiger partial charge in [-0.15, -0.1) is 0 Å². The summed E-state index contributed by atoms with van der Waals surface area (Å²) >= 11 is 0. The first-order chi connectivity index (χ1) is 8.28. The number of nitrogens with one attached hydrogen (secondary N) is 1. The Hall–Kier alpha value is -1.06. The Bertz CT molecular complexity index is 354. The van der Waals surface area contributed by atoms with Gasteiger partial charge < -0.3 is 15.0 Å². The zero-order chi connectivity index (χ0) is 12.1. The van der Waals surface area contributed by atoms with E-state index in [1.165, 1.54) is 24.9 Å². The average molecular weight is 234 g/mol. The van der Waals surface area contributed by atoms with Gasteiger partial charge in [0.05, 0.1) is 7.11 Å². The molecule has 1 aromatic rings. The van der Waals surface area contributed by atoms with Crippen LogP contribution >= 0.6 is 0 Å². The van der Waals surface area contributed by atoms with Gasteiger partial charge in [-0.05, 0) is 44.1 Å². The summed E-state index contributed by atoms with van der Waals surface area (Å²) in [6.07, 6.45) is 2.58. The number of benzene rings is 1. The number of likely N-dealkylation sites (tertiary alicyclic amines) is 1. The number of ether oxygens (including phenoxy) is 1. The van der Waals surface area contributed by atoms with Crippen LogP contribution < -0.4 is 10.1 Å². The predicted octanol–water partition coefficient (Wildman–Crippen LogP) is 1.88. The molecule has 1 atom stereocenters. The lowest BCUT2D eigenvalue weighted by Gasteiger charge is -2.30. The van der Waals surface area contributed by atoms with Gasteiger partial charge in [-0.2, -0.15) is 0 Å². The molecule has 0 amide bonds. The Balaban J connectivity index is 1.84. The SMILES string of the molecule is COc1cccc(CNC2CCCN(C)C2)c1. The highest BCUT2D eigenvalue weighted by Crippen LogP contribution is 2.13. The Morgan fingerprint density at radius 1 is 1.47 bits per heavy atom. The molecule has 0 radical (unpaired) electrons. The molecule has 0 bridgehead atoms. The van der Waals surface area contributed by atoms with Crippen molar-refractivity contribution in [2.24, 2.45) is 0 Å². The standard InChI is InChI=1S/C14H22N2O/c1-16-8-4-6-13(11-16)15-10-12-5-3-7-14(9-12)17-2/h3,5,7,9,13,15H,4,6,8,10-11H2,1-2H3. The van der Waals surface area contributed by atoms with Gasteiger partial charge in [-0.1, -0.05) is 12.1 Å². The summed E-state index contributed by atoms with van der Waals surface area (Å²) < 4.78 is 5.23. The Kier molecular flexibility index (Phi) is 4.40. The maximum atomic E-state index is 5.23. The van der Waals surface area contributed by atoms with Crippen molar-refractivity contribution in [2.75, 3.05) is 27.2 Å².